The zero-order valence-corrected chi connectivity index (χ0v) is 14.0. The number of hydrogen-bond donors (Lipinski definition) is 1. The van der Waals surface area contributed by atoms with Gasteiger partial charge in [-0.2, -0.15) is 0 Å². The Morgan fingerprint density at radius 1 is 1.22 bits per heavy atom. The van der Waals surface area contributed by atoms with Crippen LogP contribution < -0.4 is 5.32 Å². The first-order valence-electron chi connectivity index (χ1n) is 8.48. The van der Waals surface area contributed by atoms with E-state index in [0.29, 0.717) is 11.8 Å². The maximum Gasteiger partial charge on any atom is 0.243 e. The molecule has 0 radical (unpaired) electrons. The Balaban J connectivity index is 1.45. The van der Waals surface area contributed by atoms with Crippen LogP contribution in [-0.4, -0.2) is 40.9 Å². The fraction of sp³-hybridized carbons (Fsp3) is 0.556. The Hall–Kier alpha value is -1.49. The van der Waals surface area contributed by atoms with E-state index in [9.17, 15) is 9.59 Å². The number of nitrogens with zero attached hydrogens (tertiary/aromatic N) is 1. The van der Waals surface area contributed by atoms with Crippen molar-refractivity contribution in [3.63, 3.8) is 0 Å². The van der Waals surface area contributed by atoms with Crippen molar-refractivity contribution in [2.45, 2.75) is 37.6 Å². The predicted octanol–water partition coefficient (Wildman–Crippen LogP) is 2.14. The number of carbonyl (C=O) groups is 2. The molecule has 1 N–H and O–H groups in total. The second kappa shape index (κ2) is 6.19. The second-order valence-corrected chi connectivity index (χ2v) is 7.80. The molecule has 1 heterocycles. The second-order valence-electron chi connectivity index (χ2n) is 6.80. The third-order valence-electron chi connectivity index (χ3n) is 5.16. The molecule has 1 saturated heterocycles. The first-order chi connectivity index (χ1) is 11.2. The van der Waals surface area contributed by atoms with Crippen LogP contribution in [0.15, 0.2) is 24.3 Å². The highest BCUT2D eigenvalue weighted by Crippen LogP contribution is 2.36. The van der Waals surface area contributed by atoms with E-state index < -0.39 is 0 Å². The van der Waals surface area contributed by atoms with Crippen molar-refractivity contribution in [3.8, 4) is 0 Å². The van der Waals surface area contributed by atoms with Gasteiger partial charge >= 0.3 is 0 Å². The standard InChI is InChI=1S/C18H22N2O2S/c21-17(19-9-12-5-6-12)16-10-23-11-20(16)18(22)15-8-7-13-3-1-2-4-14(13)15/h1-4,12,15-16H,5-11H2,(H,19,21)/t15-,16+/m0/s1. The minimum atomic E-state index is -0.293. The van der Waals surface area contributed by atoms with Gasteiger partial charge in [-0.1, -0.05) is 24.3 Å². The lowest BCUT2D eigenvalue weighted by atomic mass is 9.99. The highest BCUT2D eigenvalue weighted by molar-refractivity contribution is 7.99. The van der Waals surface area contributed by atoms with E-state index in [1.165, 1.54) is 18.4 Å². The van der Waals surface area contributed by atoms with Crippen LogP contribution >= 0.6 is 11.8 Å². The third-order valence-corrected chi connectivity index (χ3v) is 6.17. The molecule has 1 saturated carbocycles. The number of hydrogen-bond acceptors (Lipinski definition) is 3. The number of fused-ring (bicyclic) bond motifs is 1. The molecule has 0 unspecified atom stereocenters. The van der Waals surface area contributed by atoms with Crippen LogP contribution in [0.5, 0.6) is 0 Å². The van der Waals surface area contributed by atoms with Crippen LogP contribution in [0.4, 0.5) is 0 Å². The van der Waals surface area contributed by atoms with Gasteiger partial charge in [-0.3, -0.25) is 9.59 Å². The van der Waals surface area contributed by atoms with E-state index in [0.717, 1.165) is 30.7 Å². The highest BCUT2D eigenvalue weighted by atomic mass is 32.2. The Kier molecular flexibility index (Phi) is 4.05. The van der Waals surface area contributed by atoms with Crippen LogP contribution in [0, 0.1) is 5.92 Å². The van der Waals surface area contributed by atoms with Crippen LogP contribution in [0.2, 0.25) is 0 Å². The van der Waals surface area contributed by atoms with E-state index in [2.05, 4.69) is 17.4 Å². The Morgan fingerprint density at radius 2 is 2.04 bits per heavy atom. The van der Waals surface area contributed by atoms with Gasteiger partial charge in [0.2, 0.25) is 11.8 Å². The first-order valence-corrected chi connectivity index (χ1v) is 9.63. The number of nitrogens with one attached hydrogen (secondary N) is 1. The molecule has 0 bridgehead atoms. The first kappa shape index (κ1) is 15.1. The number of rotatable bonds is 4. The topological polar surface area (TPSA) is 49.4 Å². The third kappa shape index (κ3) is 2.99. The summed E-state index contributed by atoms with van der Waals surface area (Å²) in [5.74, 6) is 2.12. The van der Waals surface area contributed by atoms with Crippen LogP contribution in [-0.2, 0) is 16.0 Å². The van der Waals surface area contributed by atoms with Gasteiger partial charge in [-0.25, -0.2) is 0 Å². The largest absolute Gasteiger partial charge is 0.354 e. The van der Waals surface area contributed by atoms with Gasteiger partial charge in [0.05, 0.1) is 11.8 Å². The van der Waals surface area contributed by atoms with Crippen LogP contribution in [0.25, 0.3) is 0 Å². The molecule has 1 aliphatic heterocycles. The molecule has 2 atom stereocenters. The number of aryl methyl sites for hydroxylation is 1. The quantitative estimate of drug-likeness (QED) is 0.920. The molecule has 122 valence electrons. The summed E-state index contributed by atoms with van der Waals surface area (Å²) in [6.45, 7) is 0.772. The molecule has 4 nitrogen and oxygen atoms in total. The molecule has 0 aromatic heterocycles. The van der Waals surface area contributed by atoms with Crippen molar-refractivity contribution >= 4 is 23.6 Å². The lowest BCUT2D eigenvalue weighted by Crippen LogP contribution is -2.48. The molecule has 23 heavy (non-hydrogen) atoms. The fourth-order valence-corrected chi connectivity index (χ4v) is 4.74. The SMILES string of the molecule is O=C(NCC1CC1)[C@H]1CSCN1C(=O)[C@H]1CCc2ccccc21. The molecule has 2 amide bonds. The molecule has 2 fully saturated rings. The zero-order chi connectivity index (χ0) is 15.8. The van der Waals surface area contributed by atoms with Crippen molar-refractivity contribution < 1.29 is 9.59 Å². The van der Waals surface area contributed by atoms with Crippen molar-refractivity contribution in [2.24, 2.45) is 5.92 Å². The number of amides is 2. The molecule has 0 spiro atoms. The zero-order valence-electron chi connectivity index (χ0n) is 13.2. The van der Waals surface area contributed by atoms with Gasteiger partial charge in [0, 0.05) is 12.3 Å². The highest BCUT2D eigenvalue weighted by Gasteiger charge is 2.40. The van der Waals surface area contributed by atoms with Crippen molar-refractivity contribution in [3.05, 3.63) is 35.4 Å². The Bertz CT molecular complexity index is 629. The van der Waals surface area contributed by atoms with Gasteiger partial charge in [-0.15, -0.1) is 11.8 Å². The summed E-state index contributed by atoms with van der Waals surface area (Å²) in [4.78, 5) is 27.2. The lowest BCUT2D eigenvalue weighted by molar-refractivity contribution is -0.139. The summed E-state index contributed by atoms with van der Waals surface area (Å²) >= 11 is 1.68. The maximum absolute atomic E-state index is 13.0. The maximum atomic E-state index is 13.0. The smallest absolute Gasteiger partial charge is 0.243 e. The lowest BCUT2D eigenvalue weighted by Gasteiger charge is -2.26. The summed E-state index contributed by atoms with van der Waals surface area (Å²) in [6.07, 6.45) is 4.28. The van der Waals surface area contributed by atoms with E-state index in [1.807, 2.05) is 12.1 Å². The minimum absolute atomic E-state index is 0.0292. The van der Waals surface area contributed by atoms with Gasteiger partial charge in [-0.05, 0) is 42.7 Å². The van der Waals surface area contributed by atoms with Gasteiger partial charge < -0.3 is 10.2 Å². The minimum Gasteiger partial charge on any atom is -0.354 e. The van der Waals surface area contributed by atoms with Gasteiger partial charge in [0.1, 0.15) is 6.04 Å². The number of benzene rings is 1. The fourth-order valence-electron chi connectivity index (χ4n) is 3.58. The summed E-state index contributed by atoms with van der Waals surface area (Å²) in [5, 5.41) is 3.03. The molecule has 3 aliphatic rings. The predicted molar refractivity (Wildman–Crippen MR) is 91.2 cm³/mol. The van der Waals surface area contributed by atoms with Crippen molar-refractivity contribution in [1.29, 1.82) is 0 Å². The molecule has 1 aromatic rings. The average Bonchev–Trinajstić information content (AvgIpc) is 3.11. The van der Waals surface area contributed by atoms with Gasteiger partial charge in [0.25, 0.3) is 0 Å². The summed E-state index contributed by atoms with van der Waals surface area (Å²) in [6, 6.07) is 7.92. The van der Waals surface area contributed by atoms with Crippen molar-refractivity contribution in [2.75, 3.05) is 18.2 Å². The summed E-state index contributed by atoms with van der Waals surface area (Å²) < 4.78 is 0. The molecule has 2 aliphatic carbocycles. The van der Waals surface area contributed by atoms with Crippen molar-refractivity contribution in [1.82, 2.24) is 10.2 Å². The normalized spacial score (nSPS) is 26.2. The van der Waals surface area contributed by atoms with E-state index in [-0.39, 0.29) is 23.8 Å². The van der Waals surface area contributed by atoms with Crippen LogP contribution in [0.3, 0.4) is 0 Å². The molecule has 5 heteroatoms. The molecular weight excluding hydrogens is 308 g/mol. The Labute approximate surface area is 141 Å². The van der Waals surface area contributed by atoms with Gasteiger partial charge in [0.15, 0.2) is 0 Å². The molecule has 4 rings (SSSR count). The molecular formula is C18H22N2O2S. The van der Waals surface area contributed by atoms with Crippen LogP contribution in [0.1, 0.15) is 36.3 Å². The number of carbonyl (C=O) groups excluding carboxylic acids is 2. The summed E-state index contributed by atoms with van der Waals surface area (Å²) in [7, 11) is 0. The van der Waals surface area contributed by atoms with E-state index in [1.54, 1.807) is 16.7 Å². The van der Waals surface area contributed by atoms with E-state index >= 15 is 0 Å². The average molecular weight is 330 g/mol. The summed E-state index contributed by atoms with van der Waals surface area (Å²) in [5.41, 5.74) is 2.44. The Morgan fingerprint density at radius 3 is 2.87 bits per heavy atom. The molecule has 1 aromatic carbocycles. The monoisotopic (exact) mass is 330 g/mol. The number of thioether (sulfide) groups is 1. The van der Waals surface area contributed by atoms with E-state index in [4.69, 9.17) is 0 Å².